The Hall–Kier alpha value is -3.82. The van der Waals surface area contributed by atoms with E-state index in [1.165, 1.54) is 13.2 Å². The van der Waals surface area contributed by atoms with Crippen LogP contribution in [0.1, 0.15) is 25.3 Å². The number of pyridine rings is 1. The Morgan fingerprint density at radius 1 is 1.24 bits per heavy atom. The average Bonchev–Trinajstić information content (AvgIpc) is 2.76. The van der Waals surface area contributed by atoms with Gasteiger partial charge in [0.25, 0.3) is 5.91 Å². The number of halogens is 1. The van der Waals surface area contributed by atoms with Crippen molar-refractivity contribution in [2.24, 2.45) is 11.5 Å². The summed E-state index contributed by atoms with van der Waals surface area (Å²) in [6, 6.07) is 13.0. The highest BCUT2D eigenvalue weighted by Gasteiger charge is 2.42. The van der Waals surface area contributed by atoms with Crippen molar-refractivity contribution in [1.82, 2.24) is 4.98 Å². The first-order valence-electron chi connectivity index (χ1n) is 10.8. The molecule has 0 unspecified atom stereocenters. The minimum atomic E-state index is -0.824. The van der Waals surface area contributed by atoms with Crippen molar-refractivity contribution < 1.29 is 24.3 Å². The lowest BCUT2D eigenvalue weighted by Crippen LogP contribution is -2.97. The van der Waals surface area contributed by atoms with Crippen LogP contribution in [-0.2, 0) is 4.79 Å². The Bertz CT molecular complexity index is 1330. The third-order valence-corrected chi connectivity index (χ3v) is 6.04. The second-order valence-corrected chi connectivity index (χ2v) is 8.82. The van der Waals surface area contributed by atoms with E-state index in [1.54, 1.807) is 54.7 Å². The summed E-state index contributed by atoms with van der Waals surface area (Å²) in [4.78, 5) is 16.8. The Balaban J connectivity index is 1.76. The largest absolute Gasteiger partial charge is 0.496 e. The summed E-state index contributed by atoms with van der Waals surface area (Å²) in [7, 11) is 1.52. The molecule has 4 rings (SSSR count). The first-order chi connectivity index (χ1) is 16.1. The number of carbonyl (C=O) groups excluding carboxylic acids is 1. The Morgan fingerprint density at radius 3 is 2.56 bits per heavy atom. The zero-order valence-corrected chi connectivity index (χ0v) is 18.9. The van der Waals surface area contributed by atoms with Gasteiger partial charge in [-0.3, -0.25) is 10.1 Å². The van der Waals surface area contributed by atoms with Crippen molar-refractivity contribution in [3.05, 3.63) is 65.5 Å². The number of rotatable bonds is 6. The van der Waals surface area contributed by atoms with Crippen LogP contribution in [0.25, 0.3) is 27.9 Å². The quantitative estimate of drug-likeness (QED) is 0.213. The fourth-order valence-electron chi connectivity index (χ4n) is 4.40. The van der Waals surface area contributed by atoms with Gasteiger partial charge in [0.15, 0.2) is 0 Å². The molecule has 0 atom stereocenters. The Labute approximate surface area is 195 Å². The van der Waals surface area contributed by atoms with Crippen molar-refractivity contribution >= 4 is 28.3 Å². The van der Waals surface area contributed by atoms with Gasteiger partial charge in [0.1, 0.15) is 17.1 Å². The summed E-state index contributed by atoms with van der Waals surface area (Å²) in [6.07, 6.45) is 1.000. The number of methoxy groups -OCH3 is 1. The number of amides is 1. The zero-order chi connectivity index (χ0) is 24.6. The van der Waals surface area contributed by atoms with Gasteiger partial charge in [-0.05, 0) is 31.2 Å². The predicted molar refractivity (Wildman–Crippen MR) is 127 cm³/mol. The first kappa shape index (κ1) is 23.3. The van der Waals surface area contributed by atoms with Gasteiger partial charge in [0, 0.05) is 35.4 Å². The van der Waals surface area contributed by atoms with Crippen LogP contribution in [0.2, 0.25) is 0 Å². The normalized spacial score (nSPS) is 20.4. The fraction of sp³-hybridized carbons (Fsp3) is 0.240. The van der Waals surface area contributed by atoms with Crippen molar-refractivity contribution in [1.29, 1.82) is 5.41 Å². The monoisotopic (exact) mass is 464 g/mol. The van der Waals surface area contributed by atoms with Gasteiger partial charge in [-0.2, -0.15) is 0 Å². The molecule has 1 heterocycles. The van der Waals surface area contributed by atoms with Gasteiger partial charge in [0.05, 0.1) is 35.7 Å². The number of nitrogens with two attached hydrogens (primary N) is 3. The first-order valence-corrected chi connectivity index (χ1v) is 10.8. The standard InChI is InChI=1S/C25H26FN5O3/c1-25(33)11-14(12-25)30-23(28)21(24(29)32)22(27)13-7-8-16-18(9-13)31-19(10-20(16)34-2)15-5-3-4-6-17(15)26/h3-10,14,33H,11-12,27H2,1-2H3,(H2,28,30)(H2,29,32)/p+1/b22-21+. The molecule has 176 valence electrons. The van der Waals surface area contributed by atoms with Crippen LogP contribution in [0.4, 0.5) is 4.39 Å². The molecule has 1 saturated carbocycles. The molecular formula is C25H27FN5O3+. The number of ether oxygens (including phenoxy) is 1. The number of aromatic nitrogens is 1. The number of nitrogens with one attached hydrogen (secondary N) is 1. The summed E-state index contributed by atoms with van der Waals surface area (Å²) in [5.74, 6) is -0.820. The molecule has 8 N–H and O–H groups in total. The van der Waals surface area contributed by atoms with Crippen molar-refractivity contribution in [2.45, 2.75) is 31.4 Å². The van der Waals surface area contributed by atoms with E-state index < -0.39 is 17.3 Å². The maximum Gasteiger partial charge on any atom is 0.258 e. The van der Waals surface area contributed by atoms with E-state index in [0.717, 1.165) is 0 Å². The molecule has 8 nitrogen and oxygen atoms in total. The number of quaternary nitrogens is 1. The second kappa shape index (κ2) is 8.85. The Morgan fingerprint density at radius 2 is 1.94 bits per heavy atom. The average molecular weight is 465 g/mol. The van der Waals surface area contributed by atoms with Crippen molar-refractivity contribution in [3.63, 3.8) is 0 Å². The summed E-state index contributed by atoms with van der Waals surface area (Å²) >= 11 is 0. The van der Waals surface area contributed by atoms with E-state index in [1.807, 2.05) is 0 Å². The maximum absolute atomic E-state index is 14.4. The third-order valence-electron chi connectivity index (χ3n) is 6.04. The molecule has 1 aliphatic carbocycles. The third kappa shape index (κ3) is 4.48. The molecule has 1 aliphatic rings. The highest BCUT2D eigenvalue weighted by atomic mass is 19.1. The molecular weight excluding hydrogens is 437 g/mol. The second-order valence-electron chi connectivity index (χ2n) is 8.82. The van der Waals surface area contributed by atoms with E-state index in [9.17, 15) is 14.3 Å². The minimum absolute atomic E-state index is 0.0319. The molecule has 0 aliphatic heterocycles. The van der Waals surface area contributed by atoms with Gasteiger partial charge < -0.3 is 21.3 Å². The lowest BCUT2D eigenvalue weighted by Gasteiger charge is -2.38. The molecule has 2 aromatic carbocycles. The highest BCUT2D eigenvalue weighted by Crippen LogP contribution is 2.33. The molecule has 0 bridgehead atoms. The molecule has 3 aromatic rings. The number of primary amides is 1. The van der Waals surface area contributed by atoms with E-state index in [2.05, 4.69) is 4.98 Å². The molecule has 0 spiro atoms. The number of nitrogens with zero attached hydrogens (tertiary/aromatic N) is 1. The van der Waals surface area contributed by atoms with Crippen LogP contribution < -0.4 is 21.5 Å². The molecule has 34 heavy (non-hydrogen) atoms. The van der Waals surface area contributed by atoms with Crippen molar-refractivity contribution in [2.75, 3.05) is 7.11 Å². The number of amidine groups is 1. The van der Waals surface area contributed by atoms with Crippen LogP contribution in [0, 0.1) is 11.2 Å². The predicted octanol–water partition coefficient (Wildman–Crippen LogP) is 1.66. The molecule has 0 saturated heterocycles. The number of hydrogen-bond donors (Lipinski definition) is 5. The molecule has 1 fully saturated rings. The summed E-state index contributed by atoms with van der Waals surface area (Å²) < 4.78 is 19.9. The lowest BCUT2D eigenvalue weighted by atomic mass is 9.77. The smallest absolute Gasteiger partial charge is 0.258 e. The van der Waals surface area contributed by atoms with Crippen LogP contribution in [-0.4, -0.2) is 40.6 Å². The van der Waals surface area contributed by atoms with Crippen LogP contribution in [0.15, 0.2) is 54.1 Å². The molecule has 1 amide bonds. The van der Waals surface area contributed by atoms with Crippen LogP contribution in [0.5, 0.6) is 5.75 Å². The van der Waals surface area contributed by atoms with E-state index in [-0.39, 0.29) is 23.1 Å². The topological polar surface area (TPSA) is 152 Å². The van der Waals surface area contributed by atoms with E-state index in [0.29, 0.717) is 46.3 Å². The zero-order valence-electron chi connectivity index (χ0n) is 18.9. The van der Waals surface area contributed by atoms with E-state index in [4.69, 9.17) is 21.6 Å². The molecule has 0 radical (unpaired) electrons. The number of aliphatic hydroxyl groups is 1. The number of carbonyl (C=O) groups is 1. The van der Waals surface area contributed by atoms with Gasteiger partial charge in [-0.15, -0.1) is 0 Å². The summed E-state index contributed by atoms with van der Waals surface area (Å²) in [5.41, 5.74) is 12.7. The number of fused-ring (bicyclic) bond motifs is 1. The van der Waals surface area contributed by atoms with Crippen LogP contribution in [0.3, 0.4) is 0 Å². The summed E-state index contributed by atoms with van der Waals surface area (Å²) in [6.45, 7) is 1.73. The number of hydrogen-bond acceptors (Lipinski definition) is 6. The Kier molecular flexibility index (Phi) is 6.07. The summed E-state index contributed by atoms with van der Waals surface area (Å²) in [5, 5.41) is 20.6. The maximum atomic E-state index is 14.4. The van der Waals surface area contributed by atoms with Gasteiger partial charge in [-0.25, -0.2) is 14.8 Å². The van der Waals surface area contributed by atoms with Gasteiger partial charge in [0.2, 0.25) is 5.84 Å². The molecule has 9 heteroatoms. The van der Waals surface area contributed by atoms with Gasteiger partial charge in [-0.1, -0.05) is 18.2 Å². The lowest BCUT2D eigenvalue weighted by molar-refractivity contribution is -0.603. The highest BCUT2D eigenvalue weighted by molar-refractivity contribution is 6.21. The van der Waals surface area contributed by atoms with Crippen LogP contribution >= 0.6 is 0 Å². The molecule has 1 aromatic heterocycles. The SMILES string of the molecule is COc1cc(-c2ccccc2F)nc2cc(/C(N)=C(/C(=N)[NH2+]C3CC(C)(O)C3)C(N)=O)ccc12. The van der Waals surface area contributed by atoms with E-state index >= 15 is 0 Å². The van der Waals surface area contributed by atoms with Crippen molar-refractivity contribution in [3.8, 4) is 17.0 Å². The minimum Gasteiger partial charge on any atom is -0.496 e. The van der Waals surface area contributed by atoms with Gasteiger partial charge >= 0.3 is 0 Å². The number of benzene rings is 2. The fourth-order valence-corrected chi connectivity index (χ4v) is 4.40.